The van der Waals surface area contributed by atoms with Crippen molar-refractivity contribution >= 4 is 5.91 Å². The van der Waals surface area contributed by atoms with E-state index in [9.17, 15) is 9.18 Å². The standard InChI is InChI=1S/C22H25FN4O3/c1-26(2)12-11-24-22(28)20-14-19(18-10-9-17(29-3)13-21(18)30-4)25-27(20)16-7-5-15(23)6-8-16/h5-10,13-14H,11-12H2,1-4H3,(H,24,28). The lowest BCUT2D eigenvalue weighted by Gasteiger charge is -2.11. The van der Waals surface area contributed by atoms with Gasteiger partial charge in [-0.05, 0) is 56.6 Å². The van der Waals surface area contributed by atoms with Crippen LogP contribution in [-0.2, 0) is 0 Å². The average molecular weight is 412 g/mol. The lowest BCUT2D eigenvalue weighted by Crippen LogP contribution is -2.32. The van der Waals surface area contributed by atoms with Gasteiger partial charge >= 0.3 is 0 Å². The topological polar surface area (TPSA) is 68.6 Å². The third kappa shape index (κ3) is 4.77. The van der Waals surface area contributed by atoms with Crippen molar-refractivity contribution in [3.8, 4) is 28.4 Å². The first-order chi connectivity index (χ1) is 14.4. The van der Waals surface area contributed by atoms with Crippen molar-refractivity contribution in [1.29, 1.82) is 0 Å². The molecule has 0 saturated carbocycles. The molecule has 0 saturated heterocycles. The van der Waals surface area contributed by atoms with Gasteiger partial charge < -0.3 is 19.7 Å². The zero-order chi connectivity index (χ0) is 21.7. The molecule has 0 unspecified atom stereocenters. The normalized spacial score (nSPS) is 10.9. The van der Waals surface area contributed by atoms with E-state index in [1.54, 1.807) is 44.6 Å². The largest absolute Gasteiger partial charge is 0.497 e. The number of halogens is 1. The van der Waals surface area contributed by atoms with Gasteiger partial charge in [-0.3, -0.25) is 4.79 Å². The minimum atomic E-state index is -0.361. The molecule has 0 aliphatic carbocycles. The molecular weight excluding hydrogens is 387 g/mol. The molecule has 0 radical (unpaired) electrons. The van der Waals surface area contributed by atoms with Gasteiger partial charge in [-0.15, -0.1) is 0 Å². The number of nitrogens with zero attached hydrogens (tertiary/aromatic N) is 3. The molecule has 3 rings (SSSR count). The predicted octanol–water partition coefficient (Wildman–Crippen LogP) is 2.99. The van der Waals surface area contributed by atoms with Crippen molar-refractivity contribution in [2.45, 2.75) is 0 Å². The van der Waals surface area contributed by atoms with Crippen LogP contribution in [0.3, 0.4) is 0 Å². The van der Waals surface area contributed by atoms with E-state index < -0.39 is 0 Å². The summed E-state index contributed by atoms with van der Waals surface area (Å²) < 4.78 is 25.6. The third-order valence-corrected chi connectivity index (χ3v) is 4.54. The second-order valence-electron chi connectivity index (χ2n) is 6.93. The van der Waals surface area contributed by atoms with Crippen LogP contribution >= 0.6 is 0 Å². The van der Waals surface area contributed by atoms with Crippen LogP contribution in [0.4, 0.5) is 4.39 Å². The SMILES string of the molecule is COc1ccc(-c2cc(C(=O)NCCN(C)C)n(-c3ccc(F)cc3)n2)c(OC)c1. The number of hydrogen-bond donors (Lipinski definition) is 1. The number of benzene rings is 2. The molecule has 0 aliphatic heterocycles. The van der Waals surface area contributed by atoms with E-state index in [0.717, 1.165) is 0 Å². The quantitative estimate of drug-likeness (QED) is 0.616. The van der Waals surface area contributed by atoms with Crippen molar-refractivity contribution in [3.63, 3.8) is 0 Å². The number of carbonyl (C=O) groups is 1. The van der Waals surface area contributed by atoms with E-state index in [1.807, 2.05) is 25.1 Å². The predicted molar refractivity (Wildman–Crippen MR) is 113 cm³/mol. The molecule has 30 heavy (non-hydrogen) atoms. The number of hydrogen-bond acceptors (Lipinski definition) is 5. The van der Waals surface area contributed by atoms with Crippen LogP contribution in [0.2, 0.25) is 0 Å². The Morgan fingerprint density at radius 1 is 1.10 bits per heavy atom. The maximum atomic E-state index is 13.4. The average Bonchev–Trinajstić information content (AvgIpc) is 3.18. The Morgan fingerprint density at radius 2 is 1.83 bits per heavy atom. The molecule has 1 aromatic heterocycles. The molecule has 158 valence electrons. The van der Waals surface area contributed by atoms with Crippen LogP contribution in [0.1, 0.15) is 10.5 Å². The number of likely N-dealkylation sites (N-methyl/N-ethyl adjacent to an activating group) is 1. The Hall–Kier alpha value is -3.39. The molecule has 1 heterocycles. The summed E-state index contributed by atoms with van der Waals surface area (Å²) in [6, 6.07) is 12.9. The second kappa shape index (κ2) is 9.41. The molecule has 1 amide bonds. The van der Waals surface area contributed by atoms with Crippen molar-refractivity contribution in [2.75, 3.05) is 41.4 Å². The van der Waals surface area contributed by atoms with E-state index in [4.69, 9.17) is 9.47 Å². The Bertz CT molecular complexity index is 1020. The molecule has 0 atom stereocenters. The molecule has 2 aromatic carbocycles. The summed E-state index contributed by atoms with van der Waals surface area (Å²) in [6.45, 7) is 1.19. The first-order valence-corrected chi connectivity index (χ1v) is 9.44. The lowest BCUT2D eigenvalue weighted by molar-refractivity contribution is 0.0943. The first-order valence-electron chi connectivity index (χ1n) is 9.44. The molecule has 0 fully saturated rings. The van der Waals surface area contributed by atoms with Gasteiger partial charge in [-0.2, -0.15) is 5.10 Å². The van der Waals surface area contributed by atoms with Crippen molar-refractivity contribution in [1.82, 2.24) is 20.0 Å². The van der Waals surface area contributed by atoms with E-state index in [0.29, 0.717) is 47.2 Å². The number of aromatic nitrogens is 2. The number of rotatable bonds is 8. The Balaban J connectivity index is 2.04. The van der Waals surface area contributed by atoms with Crippen LogP contribution < -0.4 is 14.8 Å². The van der Waals surface area contributed by atoms with Gasteiger partial charge in [-0.1, -0.05) is 0 Å². The summed E-state index contributed by atoms with van der Waals surface area (Å²) in [6.07, 6.45) is 0. The molecule has 0 aliphatic rings. The number of nitrogens with one attached hydrogen (secondary N) is 1. The van der Waals surface area contributed by atoms with Gasteiger partial charge in [0.15, 0.2) is 0 Å². The van der Waals surface area contributed by atoms with Gasteiger partial charge in [0, 0.05) is 24.7 Å². The Kier molecular flexibility index (Phi) is 6.68. The fourth-order valence-electron chi connectivity index (χ4n) is 2.95. The Labute approximate surface area is 175 Å². The molecule has 8 heteroatoms. The van der Waals surface area contributed by atoms with Crippen molar-refractivity contribution < 1.29 is 18.7 Å². The van der Waals surface area contributed by atoms with E-state index >= 15 is 0 Å². The van der Waals surface area contributed by atoms with E-state index in [1.165, 1.54) is 16.8 Å². The summed E-state index contributed by atoms with van der Waals surface area (Å²) in [5.41, 5.74) is 2.18. The summed E-state index contributed by atoms with van der Waals surface area (Å²) in [4.78, 5) is 14.8. The smallest absolute Gasteiger partial charge is 0.270 e. The number of ether oxygens (including phenoxy) is 2. The molecule has 3 aromatic rings. The van der Waals surface area contributed by atoms with Crippen LogP contribution in [0.25, 0.3) is 16.9 Å². The van der Waals surface area contributed by atoms with Gasteiger partial charge in [-0.25, -0.2) is 9.07 Å². The van der Waals surface area contributed by atoms with E-state index in [-0.39, 0.29) is 11.7 Å². The van der Waals surface area contributed by atoms with E-state index in [2.05, 4.69) is 10.4 Å². The van der Waals surface area contributed by atoms with Crippen molar-refractivity contribution in [3.05, 3.63) is 60.0 Å². The summed E-state index contributed by atoms with van der Waals surface area (Å²) in [5.74, 6) is 0.584. The van der Waals surface area contributed by atoms with Gasteiger partial charge in [0.05, 0.1) is 25.6 Å². The molecule has 0 bridgehead atoms. The highest BCUT2D eigenvalue weighted by Gasteiger charge is 2.20. The van der Waals surface area contributed by atoms with Crippen molar-refractivity contribution in [2.24, 2.45) is 0 Å². The highest BCUT2D eigenvalue weighted by Crippen LogP contribution is 2.33. The Morgan fingerprint density at radius 3 is 2.47 bits per heavy atom. The fourth-order valence-corrected chi connectivity index (χ4v) is 2.95. The summed E-state index contributed by atoms with van der Waals surface area (Å²) in [7, 11) is 7.00. The summed E-state index contributed by atoms with van der Waals surface area (Å²) in [5, 5.41) is 7.51. The minimum Gasteiger partial charge on any atom is -0.497 e. The highest BCUT2D eigenvalue weighted by molar-refractivity contribution is 5.94. The zero-order valence-electron chi connectivity index (χ0n) is 17.5. The maximum absolute atomic E-state index is 13.4. The maximum Gasteiger partial charge on any atom is 0.270 e. The number of methoxy groups -OCH3 is 2. The van der Waals surface area contributed by atoms with Crippen LogP contribution in [-0.4, -0.2) is 62.0 Å². The third-order valence-electron chi connectivity index (χ3n) is 4.54. The highest BCUT2D eigenvalue weighted by atomic mass is 19.1. The monoisotopic (exact) mass is 412 g/mol. The lowest BCUT2D eigenvalue weighted by atomic mass is 10.1. The molecule has 1 N–H and O–H groups in total. The first kappa shape index (κ1) is 21.3. The fraction of sp³-hybridized carbons (Fsp3) is 0.273. The molecular formula is C22H25FN4O3. The minimum absolute atomic E-state index is 0.271. The molecule has 0 spiro atoms. The van der Waals surface area contributed by atoms with Crippen LogP contribution in [0.5, 0.6) is 11.5 Å². The summed E-state index contributed by atoms with van der Waals surface area (Å²) >= 11 is 0. The number of carbonyl (C=O) groups excluding carboxylic acids is 1. The zero-order valence-corrected chi connectivity index (χ0v) is 17.5. The van der Waals surface area contributed by atoms with Crippen LogP contribution in [0.15, 0.2) is 48.5 Å². The van der Waals surface area contributed by atoms with Gasteiger partial charge in [0.25, 0.3) is 5.91 Å². The van der Waals surface area contributed by atoms with Gasteiger partial charge in [0.2, 0.25) is 0 Å². The molecule has 7 nitrogen and oxygen atoms in total. The second-order valence-corrected chi connectivity index (χ2v) is 6.93. The number of amides is 1. The van der Waals surface area contributed by atoms with Gasteiger partial charge in [0.1, 0.15) is 23.0 Å². The van der Waals surface area contributed by atoms with Crippen LogP contribution in [0, 0.1) is 5.82 Å².